The topological polar surface area (TPSA) is 58.6 Å². The fraction of sp³-hybridized carbons (Fsp3) is 0.529. The van der Waals surface area contributed by atoms with E-state index in [0.29, 0.717) is 13.2 Å². The average Bonchev–Trinajstić information content (AvgIpc) is 2.82. The summed E-state index contributed by atoms with van der Waals surface area (Å²) in [5, 5.41) is 2.93. The van der Waals surface area contributed by atoms with Crippen molar-refractivity contribution in [2.24, 2.45) is 5.92 Å². The Bertz CT molecular complexity index is 516. The first kappa shape index (κ1) is 16.5. The number of methoxy groups -OCH3 is 1. The number of nitrogens with one attached hydrogen (secondary N) is 1. The van der Waals surface area contributed by atoms with Crippen LogP contribution in [-0.2, 0) is 14.3 Å². The first-order valence-corrected chi connectivity index (χ1v) is 7.68. The van der Waals surface area contributed by atoms with Crippen LogP contribution in [-0.4, -0.2) is 43.0 Å². The highest BCUT2D eigenvalue weighted by Gasteiger charge is 2.44. The molecule has 1 aliphatic heterocycles. The molecule has 1 aliphatic rings. The Morgan fingerprint density at radius 3 is 2.64 bits per heavy atom. The number of nitrogens with zero attached hydrogens (tertiary/aromatic N) is 1. The van der Waals surface area contributed by atoms with Crippen LogP contribution in [0.4, 0.5) is 0 Å². The molecule has 0 radical (unpaired) electrons. The first-order valence-electron chi connectivity index (χ1n) is 7.68. The third kappa shape index (κ3) is 3.65. The van der Waals surface area contributed by atoms with Gasteiger partial charge in [-0.3, -0.25) is 9.59 Å². The molecule has 1 N–H and O–H groups in total. The van der Waals surface area contributed by atoms with Crippen molar-refractivity contribution in [1.82, 2.24) is 10.2 Å². The highest BCUT2D eigenvalue weighted by Crippen LogP contribution is 2.38. The first-order chi connectivity index (χ1) is 10.5. The van der Waals surface area contributed by atoms with Crippen LogP contribution in [0.5, 0.6) is 0 Å². The standard InChI is InChI=1S/C17H24N2O3/c1-12(2)18-17(21)14-11-15(20)19(9-10-22-3)16(14)13-7-5-4-6-8-13/h4-8,12,14,16H,9-11H2,1-3H3,(H,18,21)/t14-,16+/m1/s1. The Morgan fingerprint density at radius 2 is 2.05 bits per heavy atom. The van der Waals surface area contributed by atoms with E-state index >= 15 is 0 Å². The summed E-state index contributed by atoms with van der Waals surface area (Å²) in [5.74, 6) is -0.402. The number of hydrogen-bond donors (Lipinski definition) is 1. The van der Waals surface area contributed by atoms with E-state index in [0.717, 1.165) is 5.56 Å². The predicted octanol–water partition coefficient (Wildman–Crippen LogP) is 1.75. The molecule has 0 saturated carbocycles. The molecule has 0 aliphatic carbocycles. The van der Waals surface area contributed by atoms with E-state index in [9.17, 15) is 9.59 Å². The maximum atomic E-state index is 12.5. The van der Waals surface area contributed by atoms with Crippen molar-refractivity contribution in [2.75, 3.05) is 20.3 Å². The van der Waals surface area contributed by atoms with Gasteiger partial charge in [-0.1, -0.05) is 30.3 Å². The summed E-state index contributed by atoms with van der Waals surface area (Å²) in [6, 6.07) is 9.59. The SMILES string of the molecule is COCCN1C(=O)C[C@@H](C(=O)NC(C)C)[C@@H]1c1ccccc1. The molecule has 5 heteroatoms. The third-order valence-electron chi connectivity index (χ3n) is 3.88. The summed E-state index contributed by atoms with van der Waals surface area (Å²) in [4.78, 5) is 26.6. The lowest BCUT2D eigenvalue weighted by atomic mass is 9.92. The van der Waals surface area contributed by atoms with Crippen LogP contribution in [0.2, 0.25) is 0 Å². The van der Waals surface area contributed by atoms with Crippen LogP contribution in [0.3, 0.4) is 0 Å². The number of carbonyl (C=O) groups excluding carboxylic acids is 2. The van der Waals surface area contributed by atoms with Gasteiger partial charge in [-0.15, -0.1) is 0 Å². The molecule has 1 aromatic carbocycles. The number of rotatable bonds is 6. The van der Waals surface area contributed by atoms with Crippen molar-refractivity contribution in [3.05, 3.63) is 35.9 Å². The van der Waals surface area contributed by atoms with Crippen LogP contribution in [0, 0.1) is 5.92 Å². The third-order valence-corrected chi connectivity index (χ3v) is 3.88. The largest absolute Gasteiger partial charge is 0.383 e. The van der Waals surface area contributed by atoms with Crippen molar-refractivity contribution in [2.45, 2.75) is 32.4 Å². The molecular formula is C17H24N2O3. The van der Waals surface area contributed by atoms with Gasteiger partial charge in [0.05, 0.1) is 18.6 Å². The molecule has 0 aromatic heterocycles. The molecular weight excluding hydrogens is 280 g/mol. The van der Waals surface area contributed by atoms with Crippen LogP contribution in [0.1, 0.15) is 31.9 Å². The lowest BCUT2D eigenvalue weighted by Crippen LogP contribution is -2.39. The number of likely N-dealkylation sites (tertiary alicyclic amines) is 1. The van der Waals surface area contributed by atoms with Crippen LogP contribution < -0.4 is 5.32 Å². The normalized spacial score (nSPS) is 21.5. The lowest BCUT2D eigenvalue weighted by Gasteiger charge is -2.28. The summed E-state index contributed by atoms with van der Waals surface area (Å²) in [7, 11) is 1.61. The molecule has 1 saturated heterocycles. The van der Waals surface area contributed by atoms with Gasteiger partial charge in [0, 0.05) is 26.1 Å². The van der Waals surface area contributed by atoms with Gasteiger partial charge in [0.1, 0.15) is 0 Å². The molecule has 22 heavy (non-hydrogen) atoms. The molecule has 2 rings (SSSR count). The molecule has 0 unspecified atom stereocenters. The van der Waals surface area contributed by atoms with Gasteiger partial charge in [-0.05, 0) is 19.4 Å². The molecule has 2 atom stereocenters. The summed E-state index contributed by atoms with van der Waals surface area (Å²) < 4.78 is 5.10. The number of ether oxygens (including phenoxy) is 1. The van der Waals surface area contributed by atoms with E-state index in [4.69, 9.17) is 4.74 Å². The highest BCUT2D eigenvalue weighted by atomic mass is 16.5. The summed E-state index contributed by atoms with van der Waals surface area (Å²) >= 11 is 0. The quantitative estimate of drug-likeness (QED) is 0.871. The molecule has 1 heterocycles. The van der Waals surface area contributed by atoms with Gasteiger partial charge in [0.25, 0.3) is 0 Å². The number of amides is 2. The summed E-state index contributed by atoms with van der Waals surface area (Å²) in [6.45, 7) is 4.82. The number of carbonyl (C=O) groups is 2. The van der Waals surface area contributed by atoms with Crippen molar-refractivity contribution in [3.8, 4) is 0 Å². The molecule has 1 fully saturated rings. The Labute approximate surface area is 131 Å². The molecule has 2 amide bonds. The van der Waals surface area contributed by atoms with Crippen LogP contribution in [0.15, 0.2) is 30.3 Å². The van der Waals surface area contributed by atoms with Crippen molar-refractivity contribution in [3.63, 3.8) is 0 Å². The molecule has 1 aromatic rings. The van der Waals surface area contributed by atoms with Crippen molar-refractivity contribution >= 4 is 11.8 Å². The second kappa shape index (κ2) is 7.40. The lowest BCUT2D eigenvalue weighted by molar-refractivity contribution is -0.129. The number of benzene rings is 1. The summed E-state index contributed by atoms with van der Waals surface area (Å²) in [5.41, 5.74) is 0.994. The van der Waals surface area contributed by atoms with Crippen LogP contribution >= 0.6 is 0 Å². The second-order valence-electron chi connectivity index (χ2n) is 5.91. The fourth-order valence-corrected chi connectivity index (χ4v) is 2.93. The Hall–Kier alpha value is -1.88. The average molecular weight is 304 g/mol. The summed E-state index contributed by atoms with van der Waals surface area (Å²) in [6.07, 6.45) is 0.252. The minimum Gasteiger partial charge on any atom is -0.383 e. The Balaban J connectivity index is 2.28. The van der Waals surface area contributed by atoms with Gasteiger partial charge in [0.15, 0.2) is 0 Å². The van der Waals surface area contributed by atoms with E-state index < -0.39 is 0 Å². The zero-order valence-electron chi connectivity index (χ0n) is 13.4. The monoisotopic (exact) mass is 304 g/mol. The van der Waals surface area contributed by atoms with Gasteiger partial charge in [-0.25, -0.2) is 0 Å². The predicted molar refractivity (Wildman–Crippen MR) is 84.2 cm³/mol. The maximum absolute atomic E-state index is 12.5. The van der Waals surface area contributed by atoms with E-state index in [-0.39, 0.29) is 36.2 Å². The zero-order valence-corrected chi connectivity index (χ0v) is 13.4. The second-order valence-corrected chi connectivity index (χ2v) is 5.91. The van der Waals surface area contributed by atoms with E-state index in [2.05, 4.69) is 5.32 Å². The highest BCUT2D eigenvalue weighted by molar-refractivity contribution is 5.90. The Morgan fingerprint density at radius 1 is 1.36 bits per heavy atom. The smallest absolute Gasteiger partial charge is 0.226 e. The minimum atomic E-state index is -0.353. The van der Waals surface area contributed by atoms with Gasteiger partial charge in [-0.2, -0.15) is 0 Å². The van der Waals surface area contributed by atoms with Gasteiger partial charge in [0.2, 0.25) is 11.8 Å². The van der Waals surface area contributed by atoms with Crippen molar-refractivity contribution in [1.29, 1.82) is 0 Å². The fourth-order valence-electron chi connectivity index (χ4n) is 2.93. The maximum Gasteiger partial charge on any atom is 0.226 e. The van der Waals surface area contributed by atoms with E-state index in [1.54, 1.807) is 12.0 Å². The van der Waals surface area contributed by atoms with Gasteiger partial charge < -0.3 is 15.0 Å². The molecule has 5 nitrogen and oxygen atoms in total. The van der Waals surface area contributed by atoms with Crippen molar-refractivity contribution < 1.29 is 14.3 Å². The zero-order chi connectivity index (χ0) is 16.1. The molecule has 0 spiro atoms. The Kier molecular flexibility index (Phi) is 5.55. The number of hydrogen-bond acceptors (Lipinski definition) is 3. The molecule has 120 valence electrons. The van der Waals surface area contributed by atoms with Crippen LogP contribution in [0.25, 0.3) is 0 Å². The van der Waals surface area contributed by atoms with Gasteiger partial charge >= 0.3 is 0 Å². The van der Waals surface area contributed by atoms with E-state index in [1.165, 1.54) is 0 Å². The molecule has 0 bridgehead atoms. The van der Waals surface area contributed by atoms with E-state index in [1.807, 2.05) is 44.2 Å². The minimum absolute atomic E-state index is 0.00908.